The molecule has 0 bridgehead atoms. The fourth-order valence-corrected chi connectivity index (χ4v) is 2.53. The van der Waals surface area contributed by atoms with Crippen LogP contribution in [0, 0.1) is 5.92 Å². The number of aryl methyl sites for hydroxylation is 1. The molecule has 1 aliphatic rings. The Morgan fingerprint density at radius 2 is 2.11 bits per heavy atom. The zero-order valence-electron chi connectivity index (χ0n) is 9.86. The van der Waals surface area contributed by atoms with E-state index in [4.69, 9.17) is 0 Å². The molecule has 0 saturated carbocycles. The molecule has 0 aromatic carbocycles. The first kappa shape index (κ1) is 11.2. The third-order valence-electron chi connectivity index (χ3n) is 3.53. The van der Waals surface area contributed by atoms with Crippen LogP contribution in [-0.2, 0) is 6.54 Å². The fraction of sp³-hybridized carbons (Fsp3) is 0.286. The van der Waals surface area contributed by atoms with Crippen molar-refractivity contribution in [2.75, 3.05) is 0 Å². The minimum absolute atomic E-state index is 0.0237. The van der Waals surface area contributed by atoms with Crippen molar-refractivity contribution in [2.24, 2.45) is 5.92 Å². The number of Topliss-reactive ketones (excluding diaryl/α,β-unsaturated/α-hetero) is 1. The van der Waals surface area contributed by atoms with Gasteiger partial charge in [0.25, 0.3) is 0 Å². The number of fused-ring (bicyclic) bond motifs is 1. The molecule has 0 radical (unpaired) electrons. The van der Waals surface area contributed by atoms with Gasteiger partial charge in [0, 0.05) is 25.1 Å². The summed E-state index contributed by atoms with van der Waals surface area (Å²) < 4.78 is 1.94. The maximum atomic E-state index is 12.3. The van der Waals surface area contributed by atoms with Gasteiger partial charge in [0.1, 0.15) is 0 Å². The molecule has 0 spiro atoms. The third-order valence-corrected chi connectivity index (χ3v) is 3.53. The van der Waals surface area contributed by atoms with Crippen molar-refractivity contribution in [3.05, 3.63) is 54.1 Å². The normalized spacial score (nSPS) is 20.5. The molecule has 4 nitrogen and oxygen atoms in total. The second-order valence-corrected chi connectivity index (χ2v) is 4.57. The Kier molecular flexibility index (Phi) is 2.72. The van der Waals surface area contributed by atoms with Gasteiger partial charge in [-0.15, -0.1) is 0 Å². The van der Waals surface area contributed by atoms with Crippen LogP contribution in [0.3, 0.4) is 0 Å². The SMILES string of the molecule is O=C1c2cccn2CC[C@H]1[C@H](O)c1ccncc1. The number of rotatable bonds is 2. The molecule has 4 heteroatoms. The van der Waals surface area contributed by atoms with Crippen molar-refractivity contribution in [3.63, 3.8) is 0 Å². The summed E-state index contributed by atoms with van der Waals surface area (Å²) in [6.07, 6.45) is 5.10. The highest BCUT2D eigenvalue weighted by Gasteiger charge is 2.33. The van der Waals surface area contributed by atoms with E-state index in [2.05, 4.69) is 4.98 Å². The molecule has 3 heterocycles. The van der Waals surface area contributed by atoms with E-state index in [-0.39, 0.29) is 11.7 Å². The van der Waals surface area contributed by atoms with Crippen LogP contribution in [-0.4, -0.2) is 20.4 Å². The van der Waals surface area contributed by atoms with Gasteiger partial charge in [0.15, 0.2) is 5.78 Å². The average molecular weight is 242 g/mol. The molecule has 0 saturated heterocycles. The predicted octanol–water partition coefficient (Wildman–Crippen LogP) is 1.82. The van der Waals surface area contributed by atoms with E-state index in [1.165, 1.54) is 0 Å². The van der Waals surface area contributed by atoms with E-state index in [1.807, 2.05) is 22.9 Å². The first-order valence-electron chi connectivity index (χ1n) is 6.05. The molecule has 2 aromatic rings. The van der Waals surface area contributed by atoms with Gasteiger partial charge in [-0.25, -0.2) is 0 Å². The first-order chi connectivity index (χ1) is 8.77. The van der Waals surface area contributed by atoms with E-state index < -0.39 is 6.10 Å². The number of nitrogens with zero attached hydrogens (tertiary/aromatic N) is 2. The molecule has 92 valence electrons. The number of ketones is 1. The molecule has 1 aliphatic heterocycles. The Balaban J connectivity index is 1.89. The highest BCUT2D eigenvalue weighted by molar-refractivity contribution is 5.97. The molecule has 2 aromatic heterocycles. The highest BCUT2D eigenvalue weighted by Crippen LogP contribution is 2.31. The molecule has 1 N–H and O–H groups in total. The summed E-state index contributed by atoms with van der Waals surface area (Å²) in [4.78, 5) is 16.2. The first-order valence-corrected chi connectivity index (χ1v) is 6.05. The monoisotopic (exact) mass is 242 g/mol. The van der Waals surface area contributed by atoms with Crippen LogP contribution in [0.5, 0.6) is 0 Å². The molecular weight excluding hydrogens is 228 g/mol. The number of aromatic nitrogens is 2. The summed E-state index contributed by atoms with van der Waals surface area (Å²) in [5.74, 6) is -0.328. The minimum atomic E-state index is -0.746. The summed E-state index contributed by atoms with van der Waals surface area (Å²) in [6, 6.07) is 7.19. The van der Waals surface area contributed by atoms with E-state index >= 15 is 0 Å². The number of carbonyl (C=O) groups excluding carboxylic acids is 1. The number of carbonyl (C=O) groups is 1. The Bertz CT molecular complexity index is 562. The maximum Gasteiger partial charge on any atom is 0.185 e. The van der Waals surface area contributed by atoms with Crippen molar-refractivity contribution in [1.82, 2.24) is 9.55 Å². The van der Waals surface area contributed by atoms with E-state index in [1.54, 1.807) is 24.5 Å². The molecule has 0 fully saturated rings. The lowest BCUT2D eigenvalue weighted by Gasteiger charge is -2.27. The van der Waals surface area contributed by atoms with Crippen LogP contribution < -0.4 is 0 Å². The Morgan fingerprint density at radius 3 is 2.89 bits per heavy atom. The van der Waals surface area contributed by atoms with Crippen LogP contribution >= 0.6 is 0 Å². The molecular formula is C14H14N2O2. The Labute approximate surface area is 105 Å². The van der Waals surface area contributed by atoms with Gasteiger partial charge in [-0.3, -0.25) is 9.78 Å². The van der Waals surface area contributed by atoms with Crippen molar-refractivity contribution >= 4 is 5.78 Å². The lowest BCUT2D eigenvalue weighted by molar-refractivity contribution is 0.0599. The number of pyridine rings is 1. The Hall–Kier alpha value is -1.94. The van der Waals surface area contributed by atoms with E-state index in [9.17, 15) is 9.90 Å². The number of aliphatic hydroxyl groups excluding tert-OH is 1. The van der Waals surface area contributed by atoms with Gasteiger partial charge in [0.05, 0.1) is 17.7 Å². The summed E-state index contributed by atoms with van der Waals surface area (Å²) >= 11 is 0. The Morgan fingerprint density at radius 1 is 1.33 bits per heavy atom. The van der Waals surface area contributed by atoms with Gasteiger partial charge < -0.3 is 9.67 Å². The second kappa shape index (κ2) is 4.38. The topological polar surface area (TPSA) is 55.1 Å². The summed E-state index contributed by atoms with van der Waals surface area (Å²) in [5, 5.41) is 10.3. The zero-order valence-corrected chi connectivity index (χ0v) is 9.86. The average Bonchev–Trinajstić information content (AvgIpc) is 2.89. The molecule has 18 heavy (non-hydrogen) atoms. The van der Waals surface area contributed by atoms with Gasteiger partial charge in [-0.2, -0.15) is 0 Å². The third kappa shape index (κ3) is 1.75. The highest BCUT2D eigenvalue weighted by atomic mass is 16.3. The van der Waals surface area contributed by atoms with Crippen molar-refractivity contribution in [1.29, 1.82) is 0 Å². The summed E-state index contributed by atoms with van der Waals surface area (Å²) in [6.45, 7) is 0.779. The lowest BCUT2D eigenvalue weighted by atomic mass is 9.86. The van der Waals surface area contributed by atoms with Crippen molar-refractivity contribution in [2.45, 2.75) is 19.1 Å². The summed E-state index contributed by atoms with van der Waals surface area (Å²) in [5.41, 5.74) is 1.45. The number of hydrogen-bond donors (Lipinski definition) is 1. The molecule has 3 rings (SSSR count). The molecule has 0 aliphatic carbocycles. The van der Waals surface area contributed by atoms with E-state index in [0.29, 0.717) is 12.1 Å². The second-order valence-electron chi connectivity index (χ2n) is 4.57. The molecule has 0 amide bonds. The van der Waals surface area contributed by atoms with Crippen LogP contribution in [0.2, 0.25) is 0 Å². The van der Waals surface area contributed by atoms with Gasteiger partial charge in [-0.1, -0.05) is 0 Å². The van der Waals surface area contributed by atoms with Crippen LogP contribution in [0.25, 0.3) is 0 Å². The van der Waals surface area contributed by atoms with Crippen molar-refractivity contribution < 1.29 is 9.90 Å². The molecule has 0 unspecified atom stereocenters. The minimum Gasteiger partial charge on any atom is -0.388 e. The fourth-order valence-electron chi connectivity index (χ4n) is 2.53. The standard InChI is InChI=1S/C14H14N2O2/c17-13(10-3-6-15-7-4-10)11-5-9-16-8-1-2-12(16)14(11)18/h1-4,6-8,11,13,17H,5,9H2/t11-,13+/m0/s1. The molecule has 2 atom stereocenters. The number of aliphatic hydroxyl groups is 1. The lowest BCUT2D eigenvalue weighted by Crippen LogP contribution is -2.30. The quantitative estimate of drug-likeness (QED) is 0.874. The van der Waals surface area contributed by atoms with Crippen LogP contribution in [0.1, 0.15) is 28.6 Å². The maximum absolute atomic E-state index is 12.3. The predicted molar refractivity (Wildman–Crippen MR) is 66.1 cm³/mol. The van der Waals surface area contributed by atoms with Crippen LogP contribution in [0.15, 0.2) is 42.9 Å². The zero-order chi connectivity index (χ0) is 12.5. The van der Waals surface area contributed by atoms with E-state index in [0.717, 1.165) is 12.1 Å². The van der Waals surface area contributed by atoms with Gasteiger partial charge in [0.2, 0.25) is 0 Å². The number of hydrogen-bond acceptors (Lipinski definition) is 3. The largest absolute Gasteiger partial charge is 0.388 e. The van der Waals surface area contributed by atoms with Crippen molar-refractivity contribution in [3.8, 4) is 0 Å². The smallest absolute Gasteiger partial charge is 0.185 e. The van der Waals surface area contributed by atoms with Gasteiger partial charge >= 0.3 is 0 Å². The summed E-state index contributed by atoms with van der Waals surface area (Å²) in [7, 11) is 0. The van der Waals surface area contributed by atoms with Gasteiger partial charge in [-0.05, 0) is 36.2 Å². The van der Waals surface area contributed by atoms with Crippen LogP contribution in [0.4, 0.5) is 0 Å².